The van der Waals surface area contributed by atoms with Gasteiger partial charge >= 0.3 is 0 Å². The summed E-state index contributed by atoms with van der Waals surface area (Å²) in [6.45, 7) is 6.29. The number of rotatable bonds is 7. The van der Waals surface area contributed by atoms with E-state index in [-0.39, 0.29) is 0 Å². The van der Waals surface area contributed by atoms with Crippen LogP contribution in [0, 0.1) is 6.92 Å². The van der Waals surface area contributed by atoms with Crippen LogP contribution in [0.5, 0.6) is 0 Å². The van der Waals surface area contributed by atoms with Crippen LogP contribution in [0.4, 0.5) is 0 Å². The lowest BCUT2D eigenvalue weighted by molar-refractivity contribution is 0.198. The first-order chi connectivity index (χ1) is 13.2. The van der Waals surface area contributed by atoms with E-state index in [9.17, 15) is 0 Å². The number of nitrogens with one attached hydrogen (secondary N) is 2. The number of benzene rings is 1. The van der Waals surface area contributed by atoms with Gasteiger partial charge in [-0.05, 0) is 31.7 Å². The summed E-state index contributed by atoms with van der Waals surface area (Å²) in [4.78, 5) is 11.4. The molecule has 1 aliphatic rings. The second-order valence-electron chi connectivity index (χ2n) is 7.17. The van der Waals surface area contributed by atoms with Crippen LogP contribution < -0.4 is 10.6 Å². The summed E-state index contributed by atoms with van der Waals surface area (Å²) >= 11 is 1.75. The molecule has 0 atom stereocenters. The van der Waals surface area contributed by atoms with Crippen molar-refractivity contribution in [3.05, 3.63) is 52.0 Å². The molecule has 3 rings (SSSR count). The highest BCUT2D eigenvalue weighted by Gasteiger charge is 2.19. The third kappa shape index (κ3) is 6.63. The van der Waals surface area contributed by atoms with Crippen LogP contribution in [-0.4, -0.2) is 48.6 Å². The fraction of sp³-hybridized carbons (Fsp3) is 0.524. The van der Waals surface area contributed by atoms with Gasteiger partial charge in [0.25, 0.3) is 0 Å². The normalized spacial score (nSPS) is 16.4. The van der Waals surface area contributed by atoms with Crippen molar-refractivity contribution in [3.8, 4) is 0 Å². The number of piperidine rings is 1. The lowest BCUT2D eigenvalue weighted by atomic mass is 10.0. The third-order valence-corrected chi connectivity index (χ3v) is 5.95. The Hall–Kier alpha value is -1.92. The molecule has 0 unspecified atom stereocenters. The fourth-order valence-electron chi connectivity index (χ4n) is 3.43. The quantitative estimate of drug-likeness (QED) is 0.437. The first-order valence-corrected chi connectivity index (χ1v) is 10.8. The van der Waals surface area contributed by atoms with Crippen LogP contribution in [0.1, 0.15) is 35.5 Å². The van der Waals surface area contributed by atoms with Gasteiger partial charge in [0, 0.05) is 56.8 Å². The molecule has 2 N–H and O–H groups in total. The third-order valence-electron chi connectivity index (χ3n) is 4.93. The van der Waals surface area contributed by atoms with Crippen LogP contribution >= 0.6 is 11.3 Å². The maximum atomic E-state index is 4.52. The van der Waals surface area contributed by atoms with E-state index in [0.29, 0.717) is 6.04 Å². The van der Waals surface area contributed by atoms with Crippen LogP contribution in [-0.2, 0) is 13.0 Å². The minimum absolute atomic E-state index is 0.504. The maximum absolute atomic E-state index is 4.52. The van der Waals surface area contributed by atoms with Gasteiger partial charge in [-0.25, -0.2) is 4.98 Å². The number of nitrogens with zero attached hydrogens (tertiary/aromatic N) is 3. The number of hydrogen-bond acceptors (Lipinski definition) is 4. The number of guanidine groups is 1. The highest BCUT2D eigenvalue weighted by atomic mass is 32.1. The van der Waals surface area contributed by atoms with E-state index in [1.165, 1.54) is 10.6 Å². The van der Waals surface area contributed by atoms with E-state index in [1.807, 2.05) is 7.05 Å². The molecule has 1 saturated heterocycles. The number of likely N-dealkylation sites (tertiary alicyclic amines) is 1. The predicted molar refractivity (Wildman–Crippen MR) is 114 cm³/mol. The SMILES string of the molecule is CN=C(NCCCc1nc(C)cs1)NC1CCN(Cc2ccccc2)CC1. The summed E-state index contributed by atoms with van der Waals surface area (Å²) in [5.41, 5.74) is 2.52. The Labute approximate surface area is 166 Å². The Morgan fingerprint density at radius 3 is 2.70 bits per heavy atom. The van der Waals surface area contributed by atoms with E-state index < -0.39 is 0 Å². The van der Waals surface area contributed by atoms with Gasteiger partial charge < -0.3 is 10.6 Å². The van der Waals surface area contributed by atoms with Crippen molar-refractivity contribution in [2.24, 2.45) is 4.99 Å². The van der Waals surface area contributed by atoms with Gasteiger partial charge in [-0.2, -0.15) is 0 Å². The average molecular weight is 386 g/mol. The zero-order valence-corrected chi connectivity index (χ0v) is 17.3. The highest BCUT2D eigenvalue weighted by molar-refractivity contribution is 7.09. The second-order valence-corrected chi connectivity index (χ2v) is 8.11. The molecule has 6 heteroatoms. The van der Waals surface area contributed by atoms with Crippen LogP contribution in [0.3, 0.4) is 0 Å². The molecule has 5 nitrogen and oxygen atoms in total. The number of aliphatic imine (C=N–C) groups is 1. The standard InChI is InChI=1S/C21H31N5S/c1-17-16-27-20(24-17)9-6-12-23-21(22-2)25-19-10-13-26(14-11-19)15-18-7-4-3-5-8-18/h3-5,7-8,16,19H,6,9-15H2,1-2H3,(H2,22,23,25). The molecule has 0 amide bonds. The molecular formula is C21H31N5S. The second kappa shape index (κ2) is 10.4. The van der Waals surface area contributed by atoms with Crippen molar-refractivity contribution >= 4 is 17.3 Å². The van der Waals surface area contributed by atoms with Gasteiger partial charge in [0.15, 0.2) is 5.96 Å². The molecule has 2 heterocycles. The monoisotopic (exact) mass is 385 g/mol. The molecule has 0 bridgehead atoms. The predicted octanol–water partition coefficient (Wildman–Crippen LogP) is 3.21. The van der Waals surface area contributed by atoms with E-state index in [0.717, 1.165) is 63.5 Å². The molecule has 0 radical (unpaired) electrons. The van der Waals surface area contributed by atoms with Crippen molar-refractivity contribution < 1.29 is 0 Å². The first kappa shape index (κ1) is 19.8. The lowest BCUT2D eigenvalue weighted by Crippen LogP contribution is -2.48. The van der Waals surface area contributed by atoms with E-state index in [4.69, 9.17) is 0 Å². The summed E-state index contributed by atoms with van der Waals surface area (Å²) in [5, 5.41) is 10.4. The minimum Gasteiger partial charge on any atom is -0.356 e. The Morgan fingerprint density at radius 2 is 2.04 bits per heavy atom. The van der Waals surface area contributed by atoms with Crippen molar-refractivity contribution in [2.75, 3.05) is 26.7 Å². The zero-order chi connectivity index (χ0) is 18.9. The molecule has 146 valence electrons. The molecule has 0 saturated carbocycles. The van der Waals surface area contributed by atoms with E-state index >= 15 is 0 Å². The Morgan fingerprint density at radius 1 is 1.26 bits per heavy atom. The fourth-order valence-corrected chi connectivity index (χ4v) is 4.25. The van der Waals surface area contributed by atoms with Crippen molar-refractivity contribution in [1.82, 2.24) is 20.5 Å². The van der Waals surface area contributed by atoms with Crippen molar-refractivity contribution in [3.63, 3.8) is 0 Å². The molecule has 2 aromatic rings. The topological polar surface area (TPSA) is 52.6 Å². The van der Waals surface area contributed by atoms with Gasteiger partial charge in [-0.1, -0.05) is 30.3 Å². The number of hydrogen-bond donors (Lipinski definition) is 2. The van der Waals surface area contributed by atoms with Crippen molar-refractivity contribution in [2.45, 2.75) is 45.2 Å². The Kier molecular flexibility index (Phi) is 7.66. The summed E-state index contributed by atoms with van der Waals surface area (Å²) < 4.78 is 0. The largest absolute Gasteiger partial charge is 0.356 e. The smallest absolute Gasteiger partial charge is 0.191 e. The van der Waals surface area contributed by atoms with Crippen LogP contribution in [0.2, 0.25) is 0 Å². The molecule has 1 aliphatic heterocycles. The Bertz CT molecular complexity index is 704. The Balaban J connectivity index is 1.33. The number of aryl methyl sites for hydroxylation is 2. The summed E-state index contributed by atoms with van der Waals surface area (Å²) in [5.74, 6) is 0.923. The zero-order valence-electron chi connectivity index (χ0n) is 16.4. The van der Waals surface area contributed by atoms with Gasteiger partial charge in [0.2, 0.25) is 0 Å². The minimum atomic E-state index is 0.504. The first-order valence-electron chi connectivity index (χ1n) is 9.87. The van der Waals surface area contributed by atoms with Gasteiger partial charge in [-0.3, -0.25) is 9.89 Å². The van der Waals surface area contributed by atoms with Crippen LogP contribution in [0.15, 0.2) is 40.7 Å². The molecular weight excluding hydrogens is 354 g/mol. The molecule has 0 spiro atoms. The van der Waals surface area contributed by atoms with E-state index in [1.54, 1.807) is 11.3 Å². The highest BCUT2D eigenvalue weighted by Crippen LogP contribution is 2.14. The summed E-state index contributed by atoms with van der Waals surface area (Å²) in [7, 11) is 1.85. The summed E-state index contributed by atoms with van der Waals surface area (Å²) in [6.07, 6.45) is 4.42. The van der Waals surface area contributed by atoms with Crippen molar-refractivity contribution in [1.29, 1.82) is 0 Å². The summed E-state index contributed by atoms with van der Waals surface area (Å²) in [6, 6.07) is 11.2. The van der Waals surface area contributed by atoms with Gasteiger partial charge in [0.1, 0.15) is 0 Å². The molecule has 0 aliphatic carbocycles. The van der Waals surface area contributed by atoms with Gasteiger partial charge in [0.05, 0.1) is 5.01 Å². The molecule has 27 heavy (non-hydrogen) atoms. The molecule has 1 aromatic carbocycles. The van der Waals surface area contributed by atoms with E-state index in [2.05, 4.69) is 68.1 Å². The number of aromatic nitrogens is 1. The number of thiazole rings is 1. The molecule has 1 fully saturated rings. The lowest BCUT2D eigenvalue weighted by Gasteiger charge is -2.33. The maximum Gasteiger partial charge on any atom is 0.191 e. The van der Waals surface area contributed by atoms with Gasteiger partial charge in [-0.15, -0.1) is 11.3 Å². The average Bonchev–Trinajstić information content (AvgIpc) is 3.11. The molecule has 1 aromatic heterocycles. The van der Waals surface area contributed by atoms with Crippen LogP contribution in [0.25, 0.3) is 0 Å².